The number of halogens is 3. The van der Waals surface area contributed by atoms with E-state index in [1.165, 1.54) is 4.90 Å². The molecule has 2 rings (SSSR count). The summed E-state index contributed by atoms with van der Waals surface area (Å²) in [5.41, 5.74) is -2.35. The zero-order valence-corrected chi connectivity index (χ0v) is 12.5. The van der Waals surface area contributed by atoms with Gasteiger partial charge in [-0.1, -0.05) is 6.92 Å². The summed E-state index contributed by atoms with van der Waals surface area (Å²) in [6, 6.07) is 2.06. The molecule has 0 atom stereocenters. The van der Waals surface area contributed by atoms with Gasteiger partial charge in [-0.3, -0.25) is 14.9 Å². The van der Waals surface area contributed by atoms with Gasteiger partial charge in [-0.05, 0) is 12.6 Å². The fourth-order valence-corrected chi connectivity index (χ4v) is 2.51. The third-order valence-electron chi connectivity index (χ3n) is 3.86. The van der Waals surface area contributed by atoms with Crippen molar-refractivity contribution < 1.29 is 22.9 Å². The number of nitro benzene ring substituents is 1. The number of likely N-dealkylation sites (N-methyl/N-ethyl adjacent to an activating group) is 1. The quantitative estimate of drug-likeness (QED) is 0.630. The number of carbonyl (C=O) groups is 1. The highest BCUT2D eigenvalue weighted by Gasteiger charge is 2.37. The molecule has 0 unspecified atom stereocenters. The molecule has 1 aromatic carbocycles. The molecule has 1 aromatic rings. The van der Waals surface area contributed by atoms with Gasteiger partial charge in [0.05, 0.1) is 16.1 Å². The van der Waals surface area contributed by atoms with Crippen LogP contribution < -0.4 is 0 Å². The second-order valence-electron chi connectivity index (χ2n) is 5.21. The first-order chi connectivity index (χ1) is 10.7. The number of hydrogen-bond acceptors (Lipinski definition) is 4. The number of benzene rings is 1. The number of nitrogens with zero attached hydrogens (tertiary/aromatic N) is 3. The molecule has 0 radical (unpaired) electrons. The van der Waals surface area contributed by atoms with Gasteiger partial charge in [0.25, 0.3) is 11.6 Å². The first-order valence-corrected chi connectivity index (χ1v) is 7.11. The van der Waals surface area contributed by atoms with Crippen LogP contribution >= 0.6 is 0 Å². The fourth-order valence-electron chi connectivity index (χ4n) is 2.51. The van der Waals surface area contributed by atoms with E-state index in [0.29, 0.717) is 38.3 Å². The van der Waals surface area contributed by atoms with E-state index in [0.717, 1.165) is 12.6 Å². The largest absolute Gasteiger partial charge is 0.417 e. The van der Waals surface area contributed by atoms with Crippen LogP contribution in [0.3, 0.4) is 0 Å². The lowest BCUT2D eigenvalue weighted by Crippen LogP contribution is -2.48. The normalized spacial score (nSPS) is 16.4. The Bertz CT molecular complexity index is 611. The Labute approximate surface area is 130 Å². The van der Waals surface area contributed by atoms with Crippen molar-refractivity contribution in [3.63, 3.8) is 0 Å². The van der Waals surface area contributed by atoms with Gasteiger partial charge < -0.3 is 9.80 Å². The molecule has 1 aliphatic heterocycles. The van der Waals surface area contributed by atoms with Crippen LogP contribution in [0.25, 0.3) is 0 Å². The van der Waals surface area contributed by atoms with Crippen LogP contribution in [0.4, 0.5) is 18.9 Å². The predicted molar refractivity (Wildman–Crippen MR) is 76.1 cm³/mol. The van der Waals surface area contributed by atoms with Crippen LogP contribution in [-0.2, 0) is 6.18 Å². The smallest absolute Gasteiger partial charge is 0.336 e. The molecule has 23 heavy (non-hydrogen) atoms. The van der Waals surface area contributed by atoms with Crippen molar-refractivity contribution in [3.05, 3.63) is 39.4 Å². The number of non-ortho nitro benzene ring substituents is 1. The van der Waals surface area contributed by atoms with E-state index in [2.05, 4.69) is 4.90 Å². The maximum atomic E-state index is 13.1. The molecule has 6 nitrogen and oxygen atoms in total. The number of rotatable bonds is 3. The van der Waals surface area contributed by atoms with Gasteiger partial charge in [-0.25, -0.2) is 0 Å². The molecule has 0 bridgehead atoms. The van der Waals surface area contributed by atoms with Gasteiger partial charge in [-0.15, -0.1) is 0 Å². The summed E-state index contributed by atoms with van der Waals surface area (Å²) in [4.78, 5) is 25.8. The Balaban J connectivity index is 2.34. The van der Waals surface area contributed by atoms with Crippen molar-refractivity contribution in [1.29, 1.82) is 0 Å². The Kier molecular flexibility index (Phi) is 4.88. The molecule has 0 saturated carbocycles. The summed E-state index contributed by atoms with van der Waals surface area (Å²) in [6.45, 7) is 4.49. The summed E-state index contributed by atoms with van der Waals surface area (Å²) in [7, 11) is 0. The lowest BCUT2D eigenvalue weighted by Gasteiger charge is -2.34. The molecule has 0 aromatic heterocycles. The predicted octanol–water partition coefficient (Wildman–Crippen LogP) is 2.39. The third-order valence-corrected chi connectivity index (χ3v) is 3.86. The topological polar surface area (TPSA) is 66.7 Å². The minimum absolute atomic E-state index is 0.298. The standard InChI is InChI=1S/C14H16F3N3O3/c1-2-18-5-7-19(8-6-18)13(21)11-9-10(20(22)23)3-4-12(11)14(15,16)17/h3-4,9H,2,5-8H2,1H3. The van der Waals surface area contributed by atoms with E-state index in [1.807, 2.05) is 6.92 Å². The third kappa shape index (κ3) is 3.79. The molecule has 0 N–H and O–H groups in total. The van der Waals surface area contributed by atoms with Crippen LogP contribution in [-0.4, -0.2) is 53.4 Å². The summed E-state index contributed by atoms with van der Waals surface area (Å²) in [5, 5.41) is 10.8. The molecular weight excluding hydrogens is 315 g/mol. The number of carbonyl (C=O) groups excluding carboxylic acids is 1. The molecule has 1 fully saturated rings. The van der Waals surface area contributed by atoms with E-state index in [9.17, 15) is 28.1 Å². The van der Waals surface area contributed by atoms with Gasteiger partial charge in [0.1, 0.15) is 0 Å². The van der Waals surface area contributed by atoms with E-state index in [4.69, 9.17) is 0 Å². The van der Waals surface area contributed by atoms with Crippen molar-refractivity contribution in [3.8, 4) is 0 Å². The van der Waals surface area contributed by atoms with E-state index >= 15 is 0 Å². The van der Waals surface area contributed by atoms with E-state index < -0.39 is 33.8 Å². The number of nitro groups is 1. The molecule has 0 aliphatic carbocycles. The zero-order chi connectivity index (χ0) is 17.2. The molecule has 1 aliphatic rings. The summed E-state index contributed by atoms with van der Waals surface area (Å²) < 4.78 is 39.2. The van der Waals surface area contributed by atoms with Crippen LogP contribution in [0.5, 0.6) is 0 Å². The molecule has 1 saturated heterocycles. The SMILES string of the molecule is CCN1CCN(C(=O)c2cc([N+](=O)[O-])ccc2C(F)(F)F)CC1. The van der Waals surface area contributed by atoms with Gasteiger partial charge in [0.15, 0.2) is 0 Å². The van der Waals surface area contributed by atoms with Crippen molar-refractivity contribution in [2.45, 2.75) is 13.1 Å². The van der Waals surface area contributed by atoms with Crippen molar-refractivity contribution >= 4 is 11.6 Å². The Hall–Kier alpha value is -2.16. The zero-order valence-electron chi connectivity index (χ0n) is 12.5. The highest BCUT2D eigenvalue weighted by molar-refractivity contribution is 5.96. The van der Waals surface area contributed by atoms with Crippen LogP contribution in [0.2, 0.25) is 0 Å². The lowest BCUT2D eigenvalue weighted by atomic mass is 10.0. The van der Waals surface area contributed by atoms with Crippen molar-refractivity contribution in [2.75, 3.05) is 32.7 Å². The van der Waals surface area contributed by atoms with Crippen molar-refractivity contribution in [2.24, 2.45) is 0 Å². The second-order valence-corrected chi connectivity index (χ2v) is 5.21. The van der Waals surface area contributed by atoms with E-state index in [1.54, 1.807) is 0 Å². The molecule has 1 heterocycles. The average Bonchev–Trinajstić information content (AvgIpc) is 2.52. The van der Waals surface area contributed by atoms with Gasteiger partial charge >= 0.3 is 6.18 Å². The highest BCUT2D eigenvalue weighted by Crippen LogP contribution is 2.34. The van der Waals surface area contributed by atoms with Gasteiger partial charge in [0, 0.05) is 38.3 Å². The monoisotopic (exact) mass is 331 g/mol. The van der Waals surface area contributed by atoms with Crippen molar-refractivity contribution in [1.82, 2.24) is 9.80 Å². The maximum Gasteiger partial charge on any atom is 0.417 e. The molecule has 0 spiro atoms. The van der Waals surface area contributed by atoms with Gasteiger partial charge in [0.2, 0.25) is 0 Å². The lowest BCUT2D eigenvalue weighted by molar-refractivity contribution is -0.384. The first kappa shape index (κ1) is 17.2. The number of piperazine rings is 1. The van der Waals surface area contributed by atoms with E-state index in [-0.39, 0.29) is 0 Å². The first-order valence-electron chi connectivity index (χ1n) is 7.11. The molecule has 9 heteroatoms. The molecular formula is C14H16F3N3O3. The minimum atomic E-state index is -4.74. The van der Waals surface area contributed by atoms with Crippen LogP contribution in [0, 0.1) is 10.1 Å². The highest BCUT2D eigenvalue weighted by atomic mass is 19.4. The molecule has 126 valence electrons. The number of alkyl halides is 3. The second kappa shape index (κ2) is 6.53. The summed E-state index contributed by atoms with van der Waals surface area (Å²) in [6.07, 6.45) is -4.74. The Morgan fingerprint density at radius 3 is 2.35 bits per heavy atom. The van der Waals surface area contributed by atoms with Crippen LogP contribution in [0.15, 0.2) is 18.2 Å². The summed E-state index contributed by atoms with van der Waals surface area (Å²) >= 11 is 0. The fraction of sp³-hybridized carbons (Fsp3) is 0.500. The maximum absolute atomic E-state index is 13.1. The van der Waals surface area contributed by atoms with Crippen LogP contribution in [0.1, 0.15) is 22.8 Å². The number of hydrogen-bond donors (Lipinski definition) is 0. The molecule has 1 amide bonds. The van der Waals surface area contributed by atoms with Gasteiger partial charge in [-0.2, -0.15) is 13.2 Å². The average molecular weight is 331 g/mol. The summed E-state index contributed by atoms with van der Waals surface area (Å²) in [5.74, 6) is -0.822. The minimum Gasteiger partial charge on any atom is -0.336 e. The Morgan fingerprint density at radius 2 is 1.87 bits per heavy atom. The Morgan fingerprint density at radius 1 is 1.26 bits per heavy atom. The number of amides is 1.